The Hall–Kier alpha value is -1.76. The summed E-state index contributed by atoms with van der Waals surface area (Å²) in [6.45, 7) is 4.32. The highest BCUT2D eigenvalue weighted by molar-refractivity contribution is 6.30. The molecule has 8 heteroatoms. The van der Waals surface area contributed by atoms with Crippen LogP contribution in [0, 0.1) is 0 Å². The summed E-state index contributed by atoms with van der Waals surface area (Å²) < 4.78 is 7.83. The Morgan fingerprint density at radius 2 is 1.97 bits per heavy atom. The first-order valence-electron chi connectivity index (χ1n) is 9.57. The zero-order valence-electron chi connectivity index (χ0n) is 16.8. The molecule has 0 amide bonds. The predicted octanol–water partition coefficient (Wildman–Crippen LogP) is 4.64. The van der Waals surface area contributed by atoms with Crippen molar-refractivity contribution in [3.63, 3.8) is 0 Å². The minimum absolute atomic E-state index is 0. The number of hydrogen-bond donors (Lipinski definition) is 1. The molecule has 3 aromatic rings. The van der Waals surface area contributed by atoms with Gasteiger partial charge >= 0.3 is 0 Å². The number of piperazine rings is 1. The molecule has 1 N–H and O–H groups in total. The third kappa shape index (κ3) is 6.13. The van der Waals surface area contributed by atoms with Crippen molar-refractivity contribution in [2.75, 3.05) is 19.6 Å². The SMILES string of the molecule is Cl.Cl.Cn1ccnc1COc1ccc(CN2CCNCC2c2cccc(Cl)c2)cc1. The fourth-order valence-electron chi connectivity index (χ4n) is 3.59. The third-order valence-corrected chi connectivity index (χ3v) is 5.42. The first-order chi connectivity index (χ1) is 13.7. The normalized spacial score (nSPS) is 16.4. The molecule has 1 aliphatic rings. The molecular weight excluding hydrogens is 443 g/mol. The summed E-state index contributed by atoms with van der Waals surface area (Å²) in [5.41, 5.74) is 2.54. The molecule has 5 nitrogen and oxygen atoms in total. The summed E-state index contributed by atoms with van der Waals surface area (Å²) in [5.74, 6) is 1.77. The van der Waals surface area contributed by atoms with Crippen LogP contribution in [0.1, 0.15) is 23.0 Å². The molecular formula is C22H27Cl3N4O. The van der Waals surface area contributed by atoms with Gasteiger partial charge in [-0.2, -0.15) is 0 Å². The molecule has 1 aromatic heterocycles. The predicted molar refractivity (Wildman–Crippen MR) is 126 cm³/mol. The maximum atomic E-state index is 6.21. The molecule has 1 aliphatic heterocycles. The minimum Gasteiger partial charge on any atom is -0.486 e. The van der Waals surface area contributed by atoms with Gasteiger partial charge in [0.1, 0.15) is 18.2 Å². The van der Waals surface area contributed by atoms with Crippen LogP contribution in [0.4, 0.5) is 0 Å². The molecule has 1 unspecified atom stereocenters. The average molecular weight is 470 g/mol. The number of nitrogens with one attached hydrogen (secondary N) is 1. The number of nitrogens with zero attached hydrogens (tertiary/aromatic N) is 3. The first kappa shape index (κ1) is 24.5. The van der Waals surface area contributed by atoms with Gasteiger partial charge in [-0.1, -0.05) is 35.9 Å². The highest BCUT2D eigenvalue weighted by Crippen LogP contribution is 2.26. The van der Waals surface area contributed by atoms with Gasteiger partial charge in [0.25, 0.3) is 0 Å². The van der Waals surface area contributed by atoms with E-state index in [4.69, 9.17) is 16.3 Å². The molecule has 1 atom stereocenters. The van der Waals surface area contributed by atoms with E-state index in [0.29, 0.717) is 12.6 Å². The van der Waals surface area contributed by atoms with E-state index in [1.807, 2.05) is 42.1 Å². The van der Waals surface area contributed by atoms with Gasteiger partial charge in [0, 0.05) is 56.7 Å². The van der Waals surface area contributed by atoms with Gasteiger partial charge in [0.05, 0.1) is 0 Å². The number of benzene rings is 2. The molecule has 0 aliphatic carbocycles. The van der Waals surface area contributed by atoms with Crippen molar-refractivity contribution >= 4 is 36.4 Å². The molecule has 30 heavy (non-hydrogen) atoms. The van der Waals surface area contributed by atoms with Crippen LogP contribution in [0.2, 0.25) is 5.02 Å². The number of aryl methyl sites for hydroxylation is 1. The van der Waals surface area contributed by atoms with E-state index in [2.05, 4.69) is 39.5 Å². The van der Waals surface area contributed by atoms with Crippen molar-refractivity contribution in [1.82, 2.24) is 19.8 Å². The van der Waals surface area contributed by atoms with Crippen molar-refractivity contribution in [3.05, 3.63) is 82.9 Å². The Kier molecular flexibility index (Phi) is 9.46. The molecule has 162 valence electrons. The van der Waals surface area contributed by atoms with E-state index in [9.17, 15) is 0 Å². The fraction of sp³-hybridized carbons (Fsp3) is 0.318. The van der Waals surface area contributed by atoms with Crippen molar-refractivity contribution in [2.45, 2.75) is 19.2 Å². The lowest BCUT2D eigenvalue weighted by Crippen LogP contribution is -2.45. The monoisotopic (exact) mass is 468 g/mol. The Balaban J connectivity index is 0.00000160. The van der Waals surface area contributed by atoms with Crippen LogP contribution in [-0.2, 0) is 20.2 Å². The molecule has 0 bridgehead atoms. The molecule has 0 saturated carbocycles. The molecule has 1 fully saturated rings. The minimum atomic E-state index is 0. The maximum Gasteiger partial charge on any atom is 0.146 e. The molecule has 4 rings (SSSR count). The second kappa shape index (κ2) is 11.6. The summed E-state index contributed by atoms with van der Waals surface area (Å²) in [6.07, 6.45) is 3.71. The molecule has 2 heterocycles. The van der Waals surface area contributed by atoms with E-state index >= 15 is 0 Å². The van der Waals surface area contributed by atoms with Crippen LogP contribution in [0.25, 0.3) is 0 Å². The summed E-state index contributed by atoms with van der Waals surface area (Å²) in [7, 11) is 1.97. The van der Waals surface area contributed by atoms with Gasteiger partial charge < -0.3 is 14.6 Å². The van der Waals surface area contributed by atoms with Crippen LogP contribution >= 0.6 is 36.4 Å². The molecule has 0 radical (unpaired) electrons. The van der Waals surface area contributed by atoms with E-state index in [1.54, 1.807) is 6.20 Å². The smallest absolute Gasteiger partial charge is 0.146 e. The lowest BCUT2D eigenvalue weighted by atomic mass is 10.0. The number of halogens is 3. The number of rotatable bonds is 6. The first-order valence-corrected chi connectivity index (χ1v) is 9.95. The Morgan fingerprint density at radius 1 is 1.17 bits per heavy atom. The standard InChI is InChI=1S/C22H25ClN4O.2ClH/c1-26-11-10-25-22(26)16-28-20-7-5-17(6-8-20)15-27-12-9-24-14-21(27)18-3-2-4-19(23)13-18;;/h2-8,10-11,13,21,24H,9,12,14-16H2,1H3;2*1H. The second-order valence-electron chi connectivity index (χ2n) is 7.13. The molecule has 2 aromatic carbocycles. The van der Waals surface area contributed by atoms with Gasteiger partial charge in [-0.15, -0.1) is 24.8 Å². The molecule has 0 spiro atoms. The van der Waals surface area contributed by atoms with E-state index in [0.717, 1.165) is 42.8 Å². The quantitative estimate of drug-likeness (QED) is 0.571. The summed E-state index contributed by atoms with van der Waals surface area (Å²) >= 11 is 6.21. The average Bonchev–Trinajstić information content (AvgIpc) is 3.13. The number of imidazole rings is 1. The van der Waals surface area contributed by atoms with Gasteiger partial charge in [0.2, 0.25) is 0 Å². The van der Waals surface area contributed by atoms with E-state index in [-0.39, 0.29) is 24.8 Å². The van der Waals surface area contributed by atoms with Crippen LogP contribution in [0.15, 0.2) is 60.9 Å². The number of ether oxygens (including phenoxy) is 1. The summed E-state index contributed by atoms with van der Waals surface area (Å²) in [5, 5.41) is 4.29. The highest BCUT2D eigenvalue weighted by Gasteiger charge is 2.23. The maximum absolute atomic E-state index is 6.21. The lowest BCUT2D eigenvalue weighted by molar-refractivity contribution is 0.153. The van der Waals surface area contributed by atoms with E-state index < -0.39 is 0 Å². The van der Waals surface area contributed by atoms with Crippen LogP contribution < -0.4 is 10.1 Å². The van der Waals surface area contributed by atoms with Crippen molar-refractivity contribution in [2.24, 2.45) is 7.05 Å². The highest BCUT2D eigenvalue weighted by atomic mass is 35.5. The van der Waals surface area contributed by atoms with Gasteiger partial charge in [0.15, 0.2) is 0 Å². The largest absolute Gasteiger partial charge is 0.486 e. The zero-order valence-corrected chi connectivity index (χ0v) is 19.2. The van der Waals surface area contributed by atoms with Crippen molar-refractivity contribution < 1.29 is 4.74 Å². The van der Waals surface area contributed by atoms with Crippen molar-refractivity contribution in [1.29, 1.82) is 0 Å². The Morgan fingerprint density at radius 3 is 2.67 bits per heavy atom. The van der Waals surface area contributed by atoms with Crippen LogP contribution in [0.5, 0.6) is 5.75 Å². The van der Waals surface area contributed by atoms with Crippen LogP contribution in [0.3, 0.4) is 0 Å². The number of aromatic nitrogens is 2. The lowest BCUT2D eigenvalue weighted by Gasteiger charge is -2.36. The van der Waals surface area contributed by atoms with Crippen LogP contribution in [-0.4, -0.2) is 34.1 Å². The number of hydrogen-bond acceptors (Lipinski definition) is 4. The Labute approximate surface area is 195 Å². The second-order valence-corrected chi connectivity index (χ2v) is 7.57. The zero-order chi connectivity index (χ0) is 19.3. The van der Waals surface area contributed by atoms with Gasteiger partial charge in [-0.3, -0.25) is 4.90 Å². The fourth-order valence-corrected chi connectivity index (χ4v) is 3.79. The van der Waals surface area contributed by atoms with E-state index in [1.165, 1.54) is 11.1 Å². The summed E-state index contributed by atoms with van der Waals surface area (Å²) in [4.78, 5) is 6.79. The topological polar surface area (TPSA) is 42.3 Å². The molecule has 1 saturated heterocycles. The Bertz CT molecular complexity index is 917. The van der Waals surface area contributed by atoms with Gasteiger partial charge in [-0.05, 0) is 35.4 Å². The van der Waals surface area contributed by atoms with Crippen molar-refractivity contribution in [3.8, 4) is 5.75 Å². The third-order valence-electron chi connectivity index (χ3n) is 5.19. The van der Waals surface area contributed by atoms with Gasteiger partial charge in [-0.25, -0.2) is 4.98 Å². The summed E-state index contributed by atoms with van der Waals surface area (Å²) in [6, 6.07) is 16.9.